The minimum atomic E-state index is -0.970. The number of aryl methyl sites for hydroxylation is 1. The average Bonchev–Trinajstić information content (AvgIpc) is 3.11. The molecule has 0 fully saturated rings. The fourth-order valence-corrected chi connectivity index (χ4v) is 3.40. The van der Waals surface area contributed by atoms with E-state index >= 15 is 0 Å². The summed E-state index contributed by atoms with van der Waals surface area (Å²) >= 11 is 2.97. The molecule has 0 aliphatic heterocycles. The molecule has 4 nitrogen and oxygen atoms in total. The fraction of sp³-hybridized carbons (Fsp3) is 0.200. The number of carbonyl (C=O) groups excluding carboxylic acids is 1. The van der Waals surface area contributed by atoms with Gasteiger partial charge in [0.25, 0.3) is 5.91 Å². The number of carboxylic acids is 1. The number of aliphatic carboxylic acids is 1. The predicted molar refractivity (Wildman–Crippen MR) is 85.9 cm³/mol. The van der Waals surface area contributed by atoms with Gasteiger partial charge in [0, 0.05) is 20.7 Å². The van der Waals surface area contributed by atoms with Crippen LogP contribution in [0.4, 0.5) is 0 Å². The van der Waals surface area contributed by atoms with Gasteiger partial charge in [-0.05, 0) is 36.8 Å². The number of rotatable bonds is 6. The summed E-state index contributed by atoms with van der Waals surface area (Å²) in [7, 11) is 0. The minimum Gasteiger partial charge on any atom is -0.478 e. The largest absolute Gasteiger partial charge is 0.478 e. The highest BCUT2D eigenvalue weighted by atomic mass is 32.1. The van der Waals surface area contributed by atoms with Crippen LogP contribution in [-0.2, 0) is 17.8 Å². The Kier molecular flexibility index (Phi) is 5.30. The fourth-order valence-electron chi connectivity index (χ4n) is 1.68. The van der Waals surface area contributed by atoms with Crippen molar-refractivity contribution in [3.63, 3.8) is 0 Å². The van der Waals surface area contributed by atoms with E-state index in [1.54, 1.807) is 6.08 Å². The van der Waals surface area contributed by atoms with Crippen LogP contribution in [0.5, 0.6) is 0 Å². The Balaban J connectivity index is 1.90. The molecule has 0 saturated heterocycles. The van der Waals surface area contributed by atoms with Gasteiger partial charge in [0.05, 0.1) is 11.4 Å². The molecule has 1 amide bonds. The summed E-state index contributed by atoms with van der Waals surface area (Å²) < 4.78 is 0. The molecular weight excluding hydrogens is 306 g/mol. The number of hydrogen-bond acceptors (Lipinski definition) is 4. The maximum atomic E-state index is 12.0. The zero-order chi connectivity index (χ0) is 15.2. The highest BCUT2D eigenvalue weighted by Gasteiger charge is 2.08. The van der Waals surface area contributed by atoms with Gasteiger partial charge in [0.2, 0.25) is 0 Å². The molecule has 110 valence electrons. The van der Waals surface area contributed by atoms with Crippen molar-refractivity contribution in [2.24, 2.45) is 0 Å². The lowest BCUT2D eigenvalue weighted by molar-refractivity contribution is -0.131. The average molecular weight is 321 g/mol. The molecule has 2 aromatic rings. The van der Waals surface area contributed by atoms with Crippen LogP contribution in [0.1, 0.15) is 31.2 Å². The Morgan fingerprint density at radius 1 is 1.19 bits per heavy atom. The smallest absolute Gasteiger partial charge is 0.328 e. The van der Waals surface area contributed by atoms with Crippen LogP contribution in [-0.4, -0.2) is 17.0 Å². The molecule has 2 aromatic heterocycles. The topological polar surface area (TPSA) is 66.4 Å². The quantitative estimate of drug-likeness (QED) is 0.801. The van der Waals surface area contributed by atoms with Crippen LogP contribution in [0.25, 0.3) is 6.08 Å². The Morgan fingerprint density at radius 2 is 1.95 bits per heavy atom. The molecule has 0 bridgehead atoms. The van der Waals surface area contributed by atoms with Crippen LogP contribution >= 0.6 is 22.7 Å². The van der Waals surface area contributed by atoms with Crippen LogP contribution in [0, 0.1) is 0 Å². The van der Waals surface area contributed by atoms with Gasteiger partial charge < -0.3 is 10.4 Å². The Bertz CT molecular complexity index is 670. The van der Waals surface area contributed by atoms with Gasteiger partial charge in [-0.15, -0.1) is 22.7 Å². The van der Waals surface area contributed by atoms with Crippen molar-refractivity contribution >= 4 is 40.6 Å². The molecule has 0 aliphatic carbocycles. The Labute approximate surface area is 130 Å². The zero-order valence-electron chi connectivity index (χ0n) is 11.5. The number of nitrogens with one attached hydrogen (secondary N) is 1. The molecule has 2 heterocycles. The van der Waals surface area contributed by atoms with Crippen LogP contribution in [0.15, 0.2) is 30.3 Å². The summed E-state index contributed by atoms with van der Waals surface area (Å²) in [5.74, 6) is -1.04. The summed E-state index contributed by atoms with van der Waals surface area (Å²) in [5, 5.41) is 11.4. The third-order valence-corrected chi connectivity index (χ3v) is 5.01. The number of thiophene rings is 2. The van der Waals surface area contributed by atoms with Gasteiger partial charge >= 0.3 is 5.97 Å². The van der Waals surface area contributed by atoms with Crippen LogP contribution < -0.4 is 5.32 Å². The number of carboxylic acid groups (broad SMARTS) is 1. The molecule has 0 unspecified atom stereocenters. The standard InChI is InChI=1S/C15H15NO3S2/c1-2-10-5-7-13(21-10)15(19)16-9-12-4-3-11(20-12)6-8-14(17)18/h3-8H,2,9H2,1H3,(H,16,19)(H,17,18). The maximum Gasteiger partial charge on any atom is 0.328 e. The zero-order valence-corrected chi connectivity index (χ0v) is 13.1. The first-order valence-electron chi connectivity index (χ1n) is 6.45. The van der Waals surface area contributed by atoms with Crippen molar-refractivity contribution in [2.75, 3.05) is 0 Å². The summed E-state index contributed by atoms with van der Waals surface area (Å²) in [6, 6.07) is 7.54. The first-order valence-corrected chi connectivity index (χ1v) is 8.08. The third kappa shape index (κ3) is 4.54. The van der Waals surface area contributed by atoms with E-state index in [1.807, 2.05) is 24.3 Å². The van der Waals surface area contributed by atoms with E-state index < -0.39 is 5.97 Å². The lowest BCUT2D eigenvalue weighted by atomic mass is 10.3. The minimum absolute atomic E-state index is 0.0734. The predicted octanol–water partition coefficient (Wildman–Crippen LogP) is 3.40. The summed E-state index contributed by atoms with van der Waals surface area (Å²) in [4.78, 5) is 26.2. The van der Waals surface area contributed by atoms with Gasteiger partial charge in [0.15, 0.2) is 0 Å². The first-order chi connectivity index (χ1) is 10.1. The molecule has 0 spiro atoms. The molecule has 2 rings (SSSR count). The highest BCUT2D eigenvalue weighted by molar-refractivity contribution is 7.14. The maximum absolute atomic E-state index is 12.0. The summed E-state index contributed by atoms with van der Waals surface area (Å²) in [6.45, 7) is 2.51. The van der Waals surface area contributed by atoms with E-state index in [1.165, 1.54) is 27.6 Å². The van der Waals surface area contributed by atoms with E-state index in [2.05, 4.69) is 12.2 Å². The van der Waals surface area contributed by atoms with Crippen LogP contribution in [0.2, 0.25) is 0 Å². The SMILES string of the molecule is CCc1ccc(C(=O)NCc2ccc(C=CC(=O)O)s2)s1. The molecule has 0 aliphatic rings. The monoisotopic (exact) mass is 321 g/mol. The van der Waals surface area contributed by atoms with Crippen molar-refractivity contribution in [1.82, 2.24) is 5.32 Å². The van der Waals surface area contributed by atoms with Crippen molar-refractivity contribution < 1.29 is 14.7 Å². The summed E-state index contributed by atoms with van der Waals surface area (Å²) in [6.07, 6.45) is 3.58. The molecule has 0 atom stereocenters. The first kappa shape index (κ1) is 15.5. The van der Waals surface area contributed by atoms with Gasteiger partial charge in [-0.1, -0.05) is 6.92 Å². The van der Waals surface area contributed by atoms with E-state index in [-0.39, 0.29) is 5.91 Å². The lowest BCUT2D eigenvalue weighted by Gasteiger charge is -2.00. The Morgan fingerprint density at radius 3 is 2.62 bits per heavy atom. The molecule has 2 N–H and O–H groups in total. The normalized spacial score (nSPS) is 10.9. The van der Waals surface area contributed by atoms with E-state index in [9.17, 15) is 9.59 Å². The number of amides is 1. The molecule has 21 heavy (non-hydrogen) atoms. The van der Waals surface area contributed by atoms with Crippen molar-refractivity contribution in [3.05, 3.63) is 49.9 Å². The second-order valence-corrected chi connectivity index (χ2v) is 6.65. The highest BCUT2D eigenvalue weighted by Crippen LogP contribution is 2.19. The molecule has 0 radical (unpaired) electrons. The van der Waals surface area contributed by atoms with Gasteiger partial charge in [-0.3, -0.25) is 4.79 Å². The van der Waals surface area contributed by atoms with Crippen molar-refractivity contribution in [1.29, 1.82) is 0 Å². The van der Waals surface area contributed by atoms with E-state index in [0.717, 1.165) is 27.1 Å². The van der Waals surface area contributed by atoms with Crippen LogP contribution in [0.3, 0.4) is 0 Å². The molecule has 0 aromatic carbocycles. The van der Waals surface area contributed by atoms with Crippen molar-refractivity contribution in [2.45, 2.75) is 19.9 Å². The third-order valence-electron chi connectivity index (χ3n) is 2.73. The molecule has 0 saturated carbocycles. The van der Waals surface area contributed by atoms with Gasteiger partial charge in [-0.25, -0.2) is 4.79 Å². The van der Waals surface area contributed by atoms with E-state index in [4.69, 9.17) is 5.11 Å². The van der Waals surface area contributed by atoms with Gasteiger partial charge in [-0.2, -0.15) is 0 Å². The van der Waals surface area contributed by atoms with Crippen molar-refractivity contribution in [3.8, 4) is 0 Å². The summed E-state index contributed by atoms with van der Waals surface area (Å²) in [5.41, 5.74) is 0. The second kappa shape index (κ2) is 7.19. The molecule has 6 heteroatoms. The number of hydrogen-bond donors (Lipinski definition) is 2. The second-order valence-electron chi connectivity index (χ2n) is 4.28. The lowest BCUT2D eigenvalue weighted by Crippen LogP contribution is -2.21. The van der Waals surface area contributed by atoms with E-state index in [0.29, 0.717) is 6.54 Å². The molecular formula is C15H15NO3S2. The number of carbonyl (C=O) groups is 2. The Hall–Kier alpha value is -1.92. The van der Waals surface area contributed by atoms with Gasteiger partial charge in [0.1, 0.15) is 0 Å².